The lowest BCUT2D eigenvalue weighted by Gasteiger charge is -2.30. The molecule has 0 spiro atoms. The zero-order chi connectivity index (χ0) is 10.8. The van der Waals surface area contributed by atoms with E-state index in [4.69, 9.17) is 11.6 Å². The maximum atomic E-state index is 5.92. The third-order valence-corrected chi connectivity index (χ3v) is 3.07. The number of halogens is 1. The quantitative estimate of drug-likeness (QED) is 0.804. The van der Waals surface area contributed by atoms with Crippen LogP contribution in [0.3, 0.4) is 0 Å². The molecule has 0 amide bonds. The fourth-order valence-corrected chi connectivity index (χ4v) is 2.37. The number of aryl methyl sites for hydroxylation is 2. The van der Waals surface area contributed by atoms with Crippen molar-refractivity contribution in [1.82, 2.24) is 9.97 Å². The van der Waals surface area contributed by atoms with E-state index in [1.807, 2.05) is 19.9 Å². The van der Waals surface area contributed by atoms with Crippen LogP contribution >= 0.6 is 11.6 Å². The molecule has 0 atom stereocenters. The summed E-state index contributed by atoms with van der Waals surface area (Å²) in [5.74, 6) is 1.43. The number of alkyl halides is 1. The van der Waals surface area contributed by atoms with Gasteiger partial charge in [0.25, 0.3) is 0 Å². The Kier molecular flexibility index (Phi) is 3.10. The van der Waals surface area contributed by atoms with Gasteiger partial charge < -0.3 is 5.32 Å². The molecule has 1 N–H and O–H groups in total. The van der Waals surface area contributed by atoms with Crippen molar-refractivity contribution < 1.29 is 0 Å². The van der Waals surface area contributed by atoms with E-state index < -0.39 is 0 Å². The number of aromatic nitrogens is 2. The maximum Gasteiger partial charge on any atom is 0.223 e. The van der Waals surface area contributed by atoms with Gasteiger partial charge in [-0.15, -0.1) is 11.6 Å². The van der Waals surface area contributed by atoms with Crippen molar-refractivity contribution in [3.63, 3.8) is 0 Å². The highest BCUT2D eigenvalue weighted by Crippen LogP contribution is 2.31. The highest BCUT2D eigenvalue weighted by Gasteiger charge is 2.26. The first-order chi connectivity index (χ1) is 7.13. The lowest BCUT2D eigenvalue weighted by atomic mass is 9.85. The standard InChI is InChI=1S/C11H16ClN3/c1-7-3-8(2)15-11(14-7)13-6-9-4-10(12)5-9/h3,9-10H,4-6H2,1-2H3,(H,13,14,15). The van der Waals surface area contributed by atoms with Crippen LogP contribution < -0.4 is 5.32 Å². The van der Waals surface area contributed by atoms with Gasteiger partial charge in [0, 0.05) is 23.3 Å². The molecule has 1 aliphatic carbocycles. The number of nitrogens with zero attached hydrogens (tertiary/aromatic N) is 2. The lowest BCUT2D eigenvalue weighted by Crippen LogP contribution is -2.30. The fraction of sp³-hybridized carbons (Fsp3) is 0.636. The average Bonchev–Trinajstić information content (AvgIpc) is 2.09. The van der Waals surface area contributed by atoms with Gasteiger partial charge in [0.15, 0.2) is 0 Å². The highest BCUT2D eigenvalue weighted by molar-refractivity contribution is 6.21. The lowest BCUT2D eigenvalue weighted by molar-refractivity contribution is 0.341. The smallest absolute Gasteiger partial charge is 0.223 e. The van der Waals surface area contributed by atoms with Gasteiger partial charge in [-0.3, -0.25) is 0 Å². The van der Waals surface area contributed by atoms with Crippen LogP contribution in [-0.2, 0) is 0 Å². The number of hydrogen-bond donors (Lipinski definition) is 1. The summed E-state index contributed by atoms with van der Waals surface area (Å²) in [6.07, 6.45) is 2.22. The van der Waals surface area contributed by atoms with Gasteiger partial charge in [-0.05, 0) is 38.7 Å². The molecule has 0 saturated heterocycles. The number of rotatable bonds is 3. The van der Waals surface area contributed by atoms with Crippen LogP contribution in [0.15, 0.2) is 6.07 Å². The Labute approximate surface area is 95.3 Å². The summed E-state index contributed by atoms with van der Waals surface area (Å²) in [6.45, 7) is 4.90. The van der Waals surface area contributed by atoms with E-state index in [1.54, 1.807) is 0 Å². The highest BCUT2D eigenvalue weighted by atomic mass is 35.5. The molecule has 0 bridgehead atoms. The van der Waals surface area contributed by atoms with E-state index >= 15 is 0 Å². The van der Waals surface area contributed by atoms with Gasteiger partial charge in [0.1, 0.15) is 0 Å². The van der Waals surface area contributed by atoms with Crippen LogP contribution in [0.25, 0.3) is 0 Å². The molecule has 82 valence electrons. The van der Waals surface area contributed by atoms with E-state index in [9.17, 15) is 0 Å². The first kappa shape index (κ1) is 10.7. The normalized spacial score (nSPS) is 24.7. The summed E-state index contributed by atoms with van der Waals surface area (Å²) >= 11 is 5.92. The van der Waals surface area contributed by atoms with E-state index in [-0.39, 0.29) is 0 Å². The van der Waals surface area contributed by atoms with Crippen molar-refractivity contribution in [1.29, 1.82) is 0 Å². The molecule has 4 heteroatoms. The van der Waals surface area contributed by atoms with Gasteiger partial charge in [-0.2, -0.15) is 0 Å². The second-order valence-corrected chi connectivity index (χ2v) is 4.91. The second kappa shape index (κ2) is 4.35. The van der Waals surface area contributed by atoms with Crippen LogP contribution in [0.1, 0.15) is 24.2 Å². The Morgan fingerprint density at radius 2 is 1.93 bits per heavy atom. The Morgan fingerprint density at radius 1 is 1.33 bits per heavy atom. The molecular weight excluding hydrogens is 210 g/mol. The van der Waals surface area contributed by atoms with E-state index in [0.29, 0.717) is 11.3 Å². The van der Waals surface area contributed by atoms with Crippen molar-refractivity contribution in [3.05, 3.63) is 17.5 Å². The van der Waals surface area contributed by atoms with Gasteiger partial charge >= 0.3 is 0 Å². The van der Waals surface area contributed by atoms with E-state index in [2.05, 4.69) is 15.3 Å². The zero-order valence-corrected chi connectivity index (χ0v) is 9.88. The SMILES string of the molecule is Cc1cc(C)nc(NCC2CC(Cl)C2)n1. The number of nitrogens with one attached hydrogen (secondary N) is 1. The Balaban J connectivity index is 1.88. The number of anilines is 1. The topological polar surface area (TPSA) is 37.8 Å². The summed E-state index contributed by atoms with van der Waals surface area (Å²) in [4.78, 5) is 8.66. The molecule has 0 radical (unpaired) electrons. The predicted molar refractivity (Wildman–Crippen MR) is 62.4 cm³/mol. The molecule has 0 aromatic carbocycles. The monoisotopic (exact) mass is 225 g/mol. The minimum absolute atomic E-state index is 0.386. The Hall–Kier alpha value is -0.830. The zero-order valence-electron chi connectivity index (χ0n) is 9.13. The summed E-state index contributed by atoms with van der Waals surface area (Å²) < 4.78 is 0. The molecule has 15 heavy (non-hydrogen) atoms. The first-order valence-corrected chi connectivity index (χ1v) is 5.77. The molecule has 2 rings (SSSR count). The van der Waals surface area contributed by atoms with Crippen LogP contribution in [0.4, 0.5) is 5.95 Å². The van der Waals surface area contributed by atoms with Crippen LogP contribution in [0.5, 0.6) is 0 Å². The molecule has 1 fully saturated rings. The van der Waals surface area contributed by atoms with Crippen molar-refractivity contribution >= 4 is 17.5 Å². The molecule has 1 heterocycles. The van der Waals surface area contributed by atoms with Gasteiger partial charge in [0.05, 0.1) is 0 Å². The maximum absolute atomic E-state index is 5.92. The largest absolute Gasteiger partial charge is 0.354 e. The number of hydrogen-bond acceptors (Lipinski definition) is 3. The van der Waals surface area contributed by atoms with Crippen LogP contribution in [0.2, 0.25) is 0 Å². The van der Waals surface area contributed by atoms with Crippen molar-refractivity contribution in [2.45, 2.75) is 32.1 Å². The molecule has 1 saturated carbocycles. The van der Waals surface area contributed by atoms with Gasteiger partial charge in [0.2, 0.25) is 5.95 Å². The van der Waals surface area contributed by atoms with Gasteiger partial charge in [-0.1, -0.05) is 0 Å². The average molecular weight is 226 g/mol. The summed E-state index contributed by atoms with van der Waals surface area (Å²) in [6, 6.07) is 1.98. The first-order valence-electron chi connectivity index (χ1n) is 5.33. The van der Waals surface area contributed by atoms with E-state index in [1.165, 1.54) is 0 Å². The molecule has 0 aliphatic heterocycles. The Morgan fingerprint density at radius 3 is 2.47 bits per heavy atom. The molecule has 1 aromatic heterocycles. The fourth-order valence-electron chi connectivity index (χ4n) is 1.86. The molecular formula is C11H16ClN3. The minimum atomic E-state index is 0.386. The summed E-state index contributed by atoms with van der Waals surface area (Å²) in [7, 11) is 0. The van der Waals surface area contributed by atoms with Crippen LogP contribution in [-0.4, -0.2) is 21.9 Å². The molecule has 1 aromatic rings. The van der Waals surface area contributed by atoms with Crippen molar-refractivity contribution in [2.24, 2.45) is 5.92 Å². The third kappa shape index (κ3) is 2.81. The Bertz CT molecular complexity index is 327. The summed E-state index contributed by atoms with van der Waals surface area (Å²) in [5, 5.41) is 3.65. The molecule has 3 nitrogen and oxygen atoms in total. The van der Waals surface area contributed by atoms with Crippen LogP contribution in [0, 0.1) is 19.8 Å². The van der Waals surface area contributed by atoms with E-state index in [0.717, 1.165) is 36.7 Å². The third-order valence-electron chi connectivity index (χ3n) is 2.71. The predicted octanol–water partition coefficient (Wildman–Crippen LogP) is 2.52. The van der Waals surface area contributed by atoms with Crippen molar-refractivity contribution in [2.75, 3.05) is 11.9 Å². The van der Waals surface area contributed by atoms with Gasteiger partial charge in [-0.25, -0.2) is 9.97 Å². The summed E-state index contributed by atoms with van der Waals surface area (Å²) in [5.41, 5.74) is 2.02. The minimum Gasteiger partial charge on any atom is -0.354 e. The van der Waals surface area contributed by atoms with Crippen molar-refractivity contribution in [3.8, 4) is 0 Å². The molecule has 1 aliphatic rings. The second-order valence-electron chi connectivity index (χ2n) is 4.29. The molecule has 0 unspecified atom stereocenters.